The van der Waals surface area contributed by atoms with E-state index in [0.717, 1.165) is 57.8 Å². The molecule has 0 aliphatic carbocycles. The van der Waals surface area contributed by atoms with Crippen LogP contribution in [0.15, 0.2) is 109 Å². The first-order chi connectivity index (χ1) is 24.7. The van der Waals surface area contributed by atoms with Gasteiger partial charge in [0.2, 0.25) is 0 Å². The van der Waals surface area contributed by atoms with Gasteiger partial charge in [-0.1, -0.05) is 123 Å². The lowest BCUT2D eigenvalue weighted by Crippen LogP contribution is -2.29. The Hall–Kier alpha value is -3.33. The molecular weight excluding hydrogens is 667 g/mol. The van der Waals surface area contributed by atoms with Crippen molar-refractivity contribution in [1.82, 2.24) is 0 Å². The molecule has 286 valence electrons. The van der Waals surface area contributed by atoms with E-state index >= 15 is 0 Å². The molecule has 0 amide bonds. The van der Waals surface area contributed by atoms with Crippen LogP contribution < -0.4 is 0 Å². The summed E-state index contributed by atoms with van der Waals surface area (Å²) >= 11 is 0. The first kappa shape index (κ1) is 47.7. The molecule has 0 spiro atoms. The third-order valence-electron chi connectivity index (χ3n) is 6.94. The highest BCUT2D eigenvalue weighted by atomic mass is 31.2. The second-order valence-corrected chi connectivity index (χ2v) is 12.9. The van der Waals surface area contributed by atoms with E-state index in [4.69, 9.17) is 19.3 Å². The number of aliphatic hydroxyl groups excluding tert-OH is 1. The number of carbonyl (C=O) groups is 2. The average Bonchev–Trinajstić information content (AvgIpc) is 3.10. The summed E-state index contributed by atoms with van der Waals surface area (Å²) in [4.78, 5) is 42.6. The van der Waals surface area contributed by atoms with Crippen LogP contribution in [-0.4, -0.2) is 52.3 Å². The Morgan fingerprint density at radius 1 is 0.608 bits per heavy atom. The van der Waals surface area contributed by atoms with E-state index < -0.39 is 32.5 Å². The van der Waals surface area contributed by atoms with Gasteiger partial charge in [-0.05, 0) is 83.5 Å². The maximum absolute atomic E-state index is 12.3. The SMILES string of the molecule is CC/C=C\C/C=C\C/C=C\C/C=C\CCCCC(=O)OC[C@H](COP(=O)(O)O)OC(=O)CCC/C=C\C/C=C\C/C=C\C/C=C\C=C\[C@H](O)CC. The molecule has 0 saturated carbocycles. The predicted octanol–water partition coefficient (Wildman–Crippen LogP) is 9.81. The highest BCUT2D eigenvalue weighted by Crippen LogP contribution is 2.35. The lowest BCUT2D eigenvalue weighted by Gasteiger charge is -2.18. The molecule has 2 atom stereocenters. The Kier molecular flexibility index (Phi) is 32.8. The number of aliphatic hydroxyl groups is 1. The number of carbonyl (C=O) groups excluding carboxylic acids is 2. The first-order valence-corrected chi connectivity index (χ1v) is 19.8. The van der Waals surface area contributed by atoms with Crippen molar-refractivity contribution in [2.45, 2.75) is 122 Å². The van der Waals surface area contributed by atoms with Gasteiger partial charge in [0.05, 0.1) is 12.7 Å². The number of phosphoric ester groups is 1. The average molecular weight is 731 g/mol. The fourth-order valence-corrected chi connectivity index (χ4v) is 4.47. The summed E-state index contributed by atoms with van der Waals surface area (Å²) in [6, 6.07) is 0. The molecular formula is C41H63O9P. The summed E-state index contributed by atoms with van der Waals surface area (Å²) < 4.78 is 26.2. The number of phosphoric acid groups is 1. The molecule has 10 heteroatoms. The zero-order valence-electron chi connectivity index (χ0n) is 30.8. The highest BCUT2D eigenvalue weighted by Gasteiger charge is 2.22. The summed E-state index contributed by atoms with van der Waals surface area (Å²) in [6.45, 7) is 3.12. The van der Waals surface area contributed by atoms with Gasteiger partial charge in [-0.3, -0.25) is 14.1 Å². The molecule has 0 radical (unpaired) electrons. The van der Waals surface area contributed by atoms with Crippen molar-refractivity contribution >= 4 is 19.8 Å². The van der Waals surface area contributed by atoms with Gasteiger partial charge >= 0.3 is 19.8 Å². The van der Waals surface area contributed by atoms with Crippen LogP contribution in [0.3, 0.4) is 0 Å². The largest absolute Gasteiger partial charge is 0.469 e. The predicted molar refractivity (Wildman–Crippen MR) is 208 cm³/mol. The number of rotatable bonds is 31. The van der Waals surface area contributed by atoms with E-state index in [2.05, 4.69) is 84.4 Å². The van der Waals surface area contributed by atoms with Crippen molar-refractivity contribution in [2.24, 2.45) is 0 Å². The number of esters is 2. The molecule has 0 unspecified atom stereocenters. The number of allylic oxidation sites excluding steroid dienone is 17. The standard InChI is InChI=1S/C41H63O9P/c1-3-5-6-7-8-9-10-11-12-16-19-22-25-28-31-34-40(43)48-36-39(37-49-51(45,46)47)50-41(44)35-32-29-26-23-20-17-14-13-15-18-21-24-27-30-33-38(42)4-2/h5-6,8-9,11-12,14-15,17-19,22-24,26-27,30,33,38-39,42H,3-4,7,10,13,16,20-21,25,28-29,31-32,34-37H2,1-2H3,(H2,45,46,47)/b6-5-,9-8-,12-11-,17-14-,18-15-,22-19-,26-23-,27-24-,33-30+/t38-,39-/m1/s1. The number of hydrogen-bond donors (Lipinski definition) is 3. The first-order valence-electron chi connectivity index (χ1n) is 18.3. The molecule has 0 heterocycles. The number of ether oxygens (including phenoxy) is 2. The Labute approximate surface area is 307 Å². The van der Waals surface area contributed by atoms with Crippen LogP contribution in [0.4, 0.5) is 0 Å². The van der Waals surface area contributed by atoms with Crippen LogP contribution in [-0.2, 0) is 28.2 Å². The van der Waals surface area contributed by atoms with E-state index in [1.54, 1.807) is 6.08 Å². The van der Waals surface area contributed by atoms with Crippen molar-refractivity contribution in [3.8, 4) is 0 Å². The normalized spacial score (nSPS) is 14.4. The highest BCUT2D eigenvalue weighted by molar-refractivity contribution is 7.46. The van der Waals surface area contributed by atoms with Crippen molar-refractivity contribution < 1.29 is 43.0 Å². The molecule has 0 aromatic rings. The molecule has 3 N–H and O–H groups in total. The molecule has 0 fully saturated rings. The van der Waals surface area contributed by atoms with Gasteiger partial charge < -0.3 is 24.4 Å². The third-order valence-corrected chi connectivity index (χ3v) is 7.43. The third kappa shape index (κ3) is 37.7. The zero-order valence-corrected chi connectivity index (χ0v) is 31.7. The van der Waals surface area contributed by atoms with E-state index in [1.165, 1.54) is 0 Å². The molecule has 0 aliphatic heterocycles. The van der Waals surface area contributed by atoms with E-state index in [1.807, 2.05) is 37.3 Å². The Morgan fingerprint density at radius 3 is 1.63 bits per heavy atom. The number of hydrogen-bond acceptors (Lipinski definition) is 7. The minimum absolute atomic E-state index is 0.103. The molecule has 0 bridgehead atoms. The molecule has 0 rings (SSSR count). The Morgan fingerprint density at radius 2 is 1.10 bits per heavy atom. The van der Waals surface area contributed by atoms with Crippen molar-refractivity contribution in [3.05, 3.63) is 109 Å². The Bertz CT molecular complexity index is 1200. The lowest BCUT2D eigenvalue weighted by atomic mass is 10.2. The Balaban J connectivity index is 4.22. The topological polar surface area (TPSA) is 140 Å². The molecule has 0 aliphatic rings. The van der Waals surface area contributed by atoms with Crippen LogP contribution >= 0.6 is 7.82 Å². The van der Waals surface area contributed by atoms with Crippen LogP contribution in [0.25, 0.3) is 0 Å². The maximum Gasteiger partial charge on any atom is 0.469 e. The quantitative estimate of drug-likeness (QED) is 0.0209. The van der Waals surface area contributed by atoms with E-state index in [9.17, 15) is 19.3 Å². The van der Waals surface area contributed by atoms with Crippen LogP contribution in [0.5, 0.6) is 0 Å². The molecule has 0 aromatic carbocycles. The summed E-state index contributed by atoms with van der Waals surface area (Å²) in [5.74, 6) is -1.04. The van der Waals surface area contributed by atoms with Crippen molar-refractivity contribution in [2.75, 3.05) is 13.2 Å². The van der Waals surface area contributed by atoms with Gasteiger partial charge in [0.15, 0.2) is 6.10 Å². The van der Waals surface area contributed by atoms with Gasteiger partial charge in [-0.2, -0.15) is 0 Å². The minimum Gasteiger partial charge on any atom is -0.462 e. The van der Waals surface area contributed by atoms with Crippen molar-refractivity contribution in [1.29, 1.82) is 0 Å². The fourth-order valence-electron chi connectivity index (χ4n) is 4.11. The molecule has 0 aromatic heterocycles. The number of unbranched alkanes of at least 4 members (excludes halogenated alkanes) is 3. The van der Waals surface area contributed by atoms with E-state index in [0.29, 0.717) is 25.7 Å². The van der Waals surface area contributed by atoms with Gasteiger partial charge in [-0.25, -0.2) is 4.57 Å². The molecule has 9 nitrogen and oxygen atoms in total. The molecule has 51 heavy (non-hydrogen) atoms. The van der Waals surface area contributed by atoms with Crippen LogP contribution in [0.1, 0.15) is 110 Å². The van der Waals surface area contributed by atoms with Crippen molar-refractivity contribution in [3.63, 3.8) is 0 Å². The monoisotopic (exact) mass is 730 g/mol. The lowest BCUT2D eigenvalue weighted by molar-refractivity contribution is -0.161. The second-order valence-electron chi connectivity index (χ2n) is 11.6. The van der Waals surface area contributed by atoms with E-state index in [-0.39, 0.29) is 25.6 Å². The van der Waals surface area contributed by atoms with Gasteiger partial charge in [0.25, 0.3) is 0 Å². The molecule has 0 saturated heterocycles. The fraction of sp³-hybridized carbons (Fsp3) is 0.512. The smallest absolute Gasteiger partial charge is 0.462 e. The second kappa shape index (κ2) is 35.1. The minimum atomic E-state index is -4.79. The summed E-state index contributed by atoms with van der Waals surface area (Å²) in [5.41, 5.74) is 0. The summed E-state index contributed by atoms with van der Waals surface area (Å²) in [7, 11) is -4.79. The van der Waals surface area contributed by atoms with Gasteiger partial charge in [0, 0.05) is 12.8 Å². The zero-order chi connectivity index (χ0) is 37.7. The summed E-state index contributed by atoms with van der Waals surface area (Å²) in [5, 5.41) is 9.44. The maximum atomic E-state index is 12.3. The van der Waals surface area contributed by atoms with Gasteiger partial charge in [-0.15, -0.1) is 0 Å². The van der Waals surface area contributed by atoms with Gasteiger partial charge in [0.1, 0.15) is 6.61 Å². The van der Waals surface area contributed by atoms with Crippen LogP contribution in [0, 0.1) is 0 Å². The summed E-state index contributed by atoms with van der Waals surface area (Å²) in [6.07, 6.45) is 46.3. The van der Waals surface area contributed by atoms with Crippen LogP contribution in [0.2, 0.25) is 0 Å².